The van der Waals surface area contributed by atoms with Crippen LogP contribution in [0.15, 0.2) is 34.9 Å². The Kier molecular flexibility index (Phi) is 3.06. The SMILES string of the molecule is CN1CCN(c2ccc(-c3cc(N)on3)cc2)CC1=O. The van der Waals surface area contributed by atoms with Crippen LogP contribution in [0, 0.1) is 0 Å². The van der Waals surface area contributed by atoms with Crippen molar-refractivity contribution < 1.29 is 9.32 Å². The molecule has 0 unspecified atom stereocenters. The minimum atomic E-state index is 0.143. The first-order chi connectivity index (χ1) is 9.63. The molecule has 0 radical (unpaired) electrons. The molecule has 20 heavy (non-hydrogen) atoms. The first-order valence-corrected chi connectivity index (χ1v) is 6.45. The largest absolute Gasteiger partial charge is 0.368 e. The topological polar surface area (TPSA) is 75.6 Å². The zero-order chi connectivity index (χ0) is 14.1. The number of nitrogens with two attached hydrogens (primary N) is 1. The molecule has 2 aromatic rings. The zero-order valence-corrected chi connectivity index (χ0v) is 11.2. The molecule has 0 bridgehead atoms. The number of piperazine rings is 1. The number of rotatable bonds is 2. The molecule has 2 heterocycles. The number of hydrogen-bond acceptors (Lipinski definition) is 5. The molecule has 3 rings (SSSR count). The summed E-state index contributed by atoms with van der Waals surface area (Å²) < 4.78 is 4.86. The lowest BCUT2D eigenvalue weighted by atomic mass is 10.1. The Labute approximate surface area is 116 Å². The number of amides is 1. The molecule has 0 atom stereocenters. The normalized spacial score (nSPS) is 15.8. The van der Waals surface area contributed by atoms with E-state index in [9.17, 15) is 4.79 Å². The molecule has 104 valence electrons. The lowest BCUT2D eigenvalue weighted by molar-refractivity contribution is -0.129. The maximum atomic E-state index is 11.7. The van der Waals surface area contributed by atoms with Crippen molar-refractivity contribution in [1.29, 1.82) is 0 Å². The van der Waals surface area contributed by atoms with Crippen molar-refractivity contribution >= 4 is 17.5 Å². The average Bonchev–Trinajstić information content (AvgIpc) is 2.89. The van der Waals surface area contributed by atoms with Gasteiger partial charge >= 0.3 is 0 Å². The molecule has 0 spiro atoms. The third kappa shape index (κ3) is 2.32. The summed E-state index contributed by atoms with van der Waals surface area (Å²) in [6.07, 6.45) is 0. The van der Waals surface area contributed by atoms with E-state index < -0.39 is 0 Å². The van der Waals surface area contributed by atoms with Gasteiger partial charge < -0.3 is 20.1 Å². The van der Waals surface area contributed by atoms with Gasteiger partial charge in [0.1, 0.15) is 5.69 Å². The quantitative estimate of drug-likeness (QED) is 0.889. The summed E-state index contributed by atoms with van der Waals surface area (Å²) >= 11 is 0. The van der Waals surface area contributed by atoms with Gasteiger partial charge in [-0.3, -0.25) is 4.79 Å². The molecule has 6 nitrogen and oxygen atoms in total. The minimum absolute atomic E-state index is 0.143. The third-order valence-electron chi connectivity index (χ3n) is 3.51. The summed E-state index contributed by atoms with van der Waals surface area (Å²) in [6, 6.07) is 9.57. The molecule has 0 aliphatic carbocycles. The summed E-state index contributed by atoms with van der Waals surface area (Å²) in [4.78, 5) is 15.5. The highest BCUT2D eigenvalue weighted by Crippen LogP contribution is 2.24. The molecule has 1 saturated heterocycles. The Morgan fingerprint density at radius 3 is 2.60 bits per heavy atom. The predicted molar refractivity (Wildman–Crippen MR) is 76.2 cm³/mol. The zero-order valence-electron chi connectivity index (χ0n) is 11.2. The summed E-state index contributed by atoms with van der Waals surface area (Å²) in [5.41, 5.74) is 8.20. The predicted octanol–water partition coefficient (Wildman–Crippen LogP) is 1.20. The van der Waals surface area contributed by atoms with Crippen LogP contribution in [0.1, 0.15) is 0 Å². The molecule has 6 heteroatoms. The van der Waals surface area contributed by atoms with Crippen molar-refractivity contribution in [3.8, 4) is 11.3 Å². The van der Waals surface area contributed by atoms with Gasteiger partial charge in [0.15, 0.2) is 0 Å². The second-order valence-corrected chi connectivity index (χ2v) is 4.90. The van der Waals surface area contributed by atoms with Crippen molar-refractivity contribution in [3.05, 3.63) is 30.3 Å². The Balaban J connectivity index is 1.78. The van der Waals surface area contributed by atoms with E-state index >= 15 is 0 Å². The second-order valence-electron chi connectivity index (χ2n) is 4.90. The molecule has 1 amide bonds. The molecular formula is C14H16N4O2. The van der Waals surface area contributed by atoms with E-state index in [0.29, 0.717) is 18.1 Å². The Bertz CT molecular complexity index is 620. The number of hydrogen-bond donors (Lipinski definition) is 1. The van der Waals surface area contributed by atoms with Crippen LogP contribution in [0.3, 0.4) is 0 Å². The average molecular weight is 272 g/mol. The molecule has 1 aliphatic rings. The molecule has 1 aromatic carbocycles. The highest BCUT2D eigenvalue weighted by molar-refractivity contribution is 5.82. The lowest BCUT2D eigenvalue weighted by Gasteiger charge is -2.33. The Hall–Kier alpha value is -2.50. The molecule has 0 saturated carbocycles. The molecule has 2 N–H and O–H groups in total. The van der Waals surface area contributed by atoms with E-state index in [1.807, 2.05) is 31.3 Å². The molecule has 1 aromatic heterocycles. The number of carbonyl (C=O) groups is 1. The van der Waals surface area contributed by atoms with Crippen LogP contribution in [0.5, 0.6) is 0 Å². The van der Waals surface area contributed by atoms with E-state index in [-0.39, 0.29) is 5.91 Å². The van der Waals surface area contributed by atoms with Gasteiger partial charge in [-0.15, -0.1) is 0 Å². The monoisotopic (exact) mass is 272 g/mol. The van der Waals surface area contributed by atoms with Gasteiger partial charge in [0, 0.05) is 37.5 Å². The van der Waals surface area contributed by atoms with E-state index in [1.54, 1.807) is 11.0 Å². The smallest absolute Gasteiger partial charge is 0.241 e. The second kappa shape index (κ2) is 4.88. The van der Waals surface area contributed by atoms with Crippen molar-refractivity contribution in [1.82, 2.24) is 10.1 Å². The van der Waals surface area contributed by atoms with Gasteiger partial charge in [-0.2, -0.15) is 0 Å². The fraction of sp³-hybridized carbons (Fsp3) is 0.286. The minimum Gasteiger partial charge on any atom is -0.368 e. The van der Waals surface area contributed by atoms with Gasteiger partial charge in [0.05, 0.1) is 6.54 Å². The third-order valence-corrected chi connectivity index (χ3v) is 3.51. The van der Waals surface area contributed by atoms with Crippen LogP contribution in [-0.2, 0) is 4.79 Å². The summed E-state index contributed by atoms with van der Waals surface area (Å²) in [7, 11) is 1.83. The Morgan fingerprint density at radius 1 is 1.25 bits per heavy atom. The van der Waals surface area contributed by atoms with Gasteiger partial charge in [-0.05, 0) is 12.1 Å². The first kappa shape index (κ1) is 12.5. The van der Waals surface area contributed by atoms with Crippen LogP contribution in [-0.4, -0.2) is 42.6 Å². The summed E-state index contributed by atoms with van der Waals surface area (Å²) in [5, 5.41) is 3.88. The van der Waals surface area contributed by atoms with Crippen LogP contribution < -0.4 is 10.6 Å². The van der Waals surface area contributed by atoms with Crippen molar-refractivity contribution in [2.75, 3.05) is 37.3 Å². The Morgan fingerprint density at radius 2 is 2.00 bits per heavy atom. The molecule has 1 aliphatic heterocycles. The lowest BCUT2D eigenvalue weighted by Crippen LogP contribution is -2.48. The van der Waals surface area contributed by atoms with E-state index in [0.717, 1.165) is 24.3 Å². The standard InChI is InChI=1S/C14H16N4O2/c1-17-6-7-18(9-14(17)19)11-4-2-10(3-5-11)12-8-13(15)20-16-12/h2-5,8H,6-7,9,15H2,1H3. The van der Waals surface area contributed by atoms with Gasteiger partial charge in [0.2, 0.25) is 11.8 Å². The summed E-state index contributed by atoms with van der Waals surface area (Å²) in [5.74, 6) is 0.443. The van der Waals surface area contributed by atoms with Crippen molar-refractivity contribution in [2.45, 2.75) is 0 Å². The highest BCUT2D eigenvalue weighted by atomic mass is 16.5. The molecule has 1 fully saturated rings. The van der Waals surface area contributed by atoms with Gasteiger partial charge in [-0.1, -0.05) is 17.3 Å². The maximum Gasteiger partial charge on any atom is 0.241 e. The van der Waals surface area contributed by atoms with Gasteiger partial charge in [0.25, 0.3) is 0 Å². The first-order valence-electron chi connectivity index (χ1n) is 6.45. The maximum absolute atomic E-state index is 11.7. The van der Waals surface area contributed by atoms with Crippen molar-refractivity contribution in [3.63, 3.8) is 0 Å². The van der Waals surface area contributed by atoms with Crippen LogP contribution in [0.2, 0.25) is 0 Å². The number of nitrogen functional groups attached to an aromatic ring is 1. The summed E-state index contributed by atoms with van der Waals surface area (Å²) in [6.45, 7) is 2.02. The molecular weight excluding hydrogens is 256 g/mol. The number of likely N-dealkylation sites (N-methyl/N-ethyl adjacent to an activating group) is 1. The number of aromatic nitrogens is 1. The number of benzene rings is 1. The van der Waals surface area contributed by atoms with Gasteiger partial charge in [-0.25, -0.2) is 0 Å². The number of nitrogens with zero attached hydrogens (tertiary/aromatic N) is 3. The fourth-order valence-electron chi connectivity index (χ4n) is 2.25. The van der Waals surface area contributed by atoms with Crippen LogP contribution in [0.4, 0.5) is 11.6 Å². The van der Waals surface area contributed by atoms with E-state index in [2.05, 4.69) is 10.1 Å². The van der Waals surface area contributed by atoms with Crippen molar-refractivity contribution in [2.24, 2.45) is 0 Å². The highest BCUT2D eigenvalue weighted by Gasteiger charge is 2.21. The van der Waals surface area contributed by atoms with E-state index in [4.69, 9.17) is 10.3 Å². The van der Waals surface area contributed by atoms with Crippen LogP contribution >= 0.6 is 0 Å². The van der Waals surface area contributed by atoms with E-state index in [1.165, 1.54) is 0 Å². The number of carbonyl (C=O) groups excluding carboxylic acids is 1. The number of anilines is 2. The fourth-order valence-corrected chi connectivity index (χ4v) is 2.25. The van der Waals surface area contributed by atoms with Crippen LogP contribution in [0.25, 0.3) is 11.3 Å².